The van der Waals surface area contributed by atoms with Gasteiger partial charge in [0.1, 0.15) is 0 Å². The van der Waals surface area contributed by atoms with E-state index in [2.05, 4.69) is 51.2 Å². The maximum atomic E-state index is 9.96. The predicted molar refractivity (Wildman–Crippen MR) is 109 cm³/mol. The van der Waals surface area contributed by atoms with Gasteiger partial charge in [-0.2, -0.15) is 0 Å². The molecule has 25 heavy (non-hydrogen) atoms. The summed E-state index contributed by atoms with van der Waals surface area (Å²) in [6.07, 6.45) is 5.28. The smallest absolute Gasteiger partial charge is 0.0472 e. The van der Waals surface area contributed by atoms with Gasteiger partial charge in [0.25, 0.3) is 0 Å². The van der Waals surface area contributed by atoms with Crippen LogP contribution in [0, 0.1) is 46.3 Å². The van der Waals surface area contributed by atoms with Crippen LogP contribution >= 0.6 is 23.5 Å². The number of fused-ring (bicyclic) bond motifs is 4. The molecule has 0 spiro atoms. The topological polar surface area (TPSA) is 40.5 Å². The Bertz CT molecular complexity index is 462. The largest absolute Gasteiger partial charge is 0.396 e. The molecule has 0 aromatic rings. The lowest BCUT2D eigenvalue weighted by Gasteiger charge is -2.63. The Morgan fingerprint density at radius 1 is 0.720 bits per heavy atom. The van der Waals surface area contributed by atoms with Crippen molar-refractivity contribution >= 4 is 23.5 Å². The number of hydrogen-bond acceptors (Lipinski definition) is 4. The van der Waals surface area contributed by atoms with Crippen LogP contribution < -0.4 is 0 Å². The van der Waals surface area contributed by atoms with Crippen LogP contribution in [0.1, 0.15) is 53.4 Å². The Balaban J connectivity index is 1.30. The molecule has 0 radical (unpaired) electrons. The van der Waals surface area contributed by atoms with Gasteiger partial charge in [0.2, 0.25) is 0 Å². The molecular weight excluding hydrogens is 348 g/mol. The van der Waals surface area contributed by atoms with Crippen LogP contribution in [0.3, 0.4) is 0 Å². The summed E-state index contributed by atoms with van der Waals surface area (Å²) in [4.78, 5) is 0. The zero-order valence-corrected chi connectivity index (χ0v) is 17.9. The van der Waals surface area contributed by atoms with E-state index >= 15 is 0 Å². The van der Waals surface area contributed by atoms with E-state index in [9.17, 15) is 10.2 Å². The average Bonchev–Trinajstić information content (AvgIpc) is 2.60. The molecule has 144 valence electrons. The van der Waals surface area contributed by atoms with E-state index in [1.807, 2.05) is 0 Å². The molecule has 0 heterocycles. The molecule has 4 heteroatoms. The van der Waals surface area contributed by atoms with Crippen molar-refractivity contribution in [3.8, 4) is 0 Å². The molecule has 6 aliphatic rings. The molecule has 4 bridgehead atoms. The van der Waals surface area contributed by atoms with E-state index in [0.29, 0.717) is 46.4 Å². The molecule has 0 aromatic carbocycles. The summed E-state index contributed by atoms with van der Waals surface area (Å²) >= 11 is 4.22. The predicted octanol–water partition coefficient (Wildman–Crippen LogP) is 4.50. The van der Waals surface area contributed by atoms with Crippen molar-refractivity contribution in [2.75, 3.05) is 18.3 Å². The highest BCUT2D eigenvalue weighted by atomic mass is 32.2. The highest BCUT2D eigenvalue weighted by Gasteiger charge is 2.58. The first-order valence-electron chi connectivity index (χ1n) is 10.3. The van der Waals surface area contributed by atoms with Gasteiger partial charge in [-0.25, -0.2) is 0 Å². The molecule has 2 nitrogen and oxygen atoms in total. The summed E-state index contributed by atoms with van der Waals surface area (Å²) in [5.74, 6) is 4.20. The molecule has 8 atom stereocenters. The van der Waals surface area contributed by atoms with Crippen molar-refractivity contribution in [3.05, 3.63) is 0 Å². The van der Waals surface area contributed by atoms with E-state index < -0.39 is 0 Å². The van der Waals surface area contributed by atoms with Crippen molar-refractivity contribution < 1.29 is 10.2 Å². The summed E-state index contributed by atoms with van der Waals surface area (Å²) in [5, 5.41) is 22.4. The number of aliphatic hydroxyl groups excluding tert-OH is 2. The molecular formula is C21H36O2S2. The minimum atomic E-state index is 0.365. The van der Waals surface area contributed by atoms with E-state index in [1.165, 1.54) is 25.7 Å². The first kappa shape index (κ1) is 19.0. The van der Waals surface area contributed by atoms with Crippen LogP contribution in [0.25, 0.3) is 0 Å². The van der Waals surface area contributed by atoms with Crippen LogP contribution in [0.2, 0.25) is 0 Å². The second-order valence-electron chi connectivity index (χ2n) is 10.4. The second-order valence-corrected chi connectivity index (χ2v) is 13.2. The van der Waals surface area contributed by atoms with Gasteiger partial charge in [-0.3, -0.25) is 0 Å². The van der Waals surface area contributed by atoms with Gasteiger partial charge in [-0.1, -0.05) is 27.7 Å². The monoisotopic (exact) mass is 384 g/mol. The van der Waals surface area contributed by atoms with Crippen LogP contribution in [-0.4, -0.2) is 39.0 Å². The molecule has 6 aliphatic carbocycles. The van der Waals surface area contributed by atoms with E-state index in [1.54, 1.807) is 0 Å². The number of rotatable bonds is 6. The van der Waals surface area contributed by atoms with Gasteiger partial charge in [0.15, 0.2) is 0 Å². The molecule has 6 fully saturated rings. The quantitative estimate of drug-likeness (QED) is 0.662. The van der Waals surface area contributed by atoms with Crippen molar-refractivity contribution in [1.82, 2.24) is 0 Å². The van der Waals surface area contributed by atoms with Gasteiger partial charge >= 0.3 is 0 Å². The standard InChI is InChI=1S/C21H36O2S2/c1-20(2)12-5-16(20)14(9-22)18(7-12)24-11-25-19-8-13-6-17(15(19)10-23)21(13,3)4/h12-19,22-23H,5-11H2,1-4H3/t12-,13-,14+,15+,16+,17+,18+,19+/m1/s1. The molecule has 6 rings (SSSR count). The molecule has 0 unspecified atom stereocenters. The summed E-state index contributed by atoms with van der Waals surface area (Å²) < 4.78 is 0. The van der Waals surface area contributed by atoms with E-state index in [4.69, 9.17) is 0 Å². The third-order valence-electron chi connectivity index (χ3n) is 9.10. The summed E-state index contributed by atoms with van der Waals surface area (Å²) in [5.41, 5.74) is 0.908. The fourth-order valence-electron chi connectivity index (χ4n) is 6.88. The lowest BCUT2D eigenvalue weighted by atomic mass is 9.45. The number of hydrogen-bond donors (Lipinski definition) is 2. The zero-order chi connectivity index (χ0) is 18.0. The number of aliphatic hydroxyl groups is 2. The Labute approximate surface area is 162 Å². The molecule has 2 N–H and O–H groups in total. The fraction of sp³-hybridized carbons (Fsp3) is 1.00. The maximum Gasteiger partial charge on any atom is 0.0472 e. The van der Waals surface area contributed by atoms with Gasteiger partial charge in [-0.05, 0) is 72.0 Å². The lowest BCUT2D eigenvalue weighted by Crippen LogP contribution is -2.58. The summed E-state index contributed by atoms with van der Waals surface area (Å²) in [6.45, 7) is 10.4. The summed E-state index contributed by atoms with van der Waals surface area (Å²) in [6, 6.07) is 0. The third kappa shape index (κ3) is 2.84. The summed E-state index contributed by atoms with van der Waals surface area (Å²) in [7, 11) is 0. The van der Waals surface area contributed by atoms with Gasteiger partial charge in [-0.15, -0.1) is 23.5 Å². The minimum Gasteiger partial charge on any atom is -0.396 e. The van der Waals surface area contributed by atoms with Crippen LogP contribution in [0.4, 0.5) is 0 Å². The highest BCUT2D eigenvalue weighted by molar-refractivity contribution is 8.16. The molecule has 0 aromatic heterocycles. The Morgan fingerprint density at radius 2 is 1.12 bits per heavy atom. The third-order valence-corrected chi connectivity index (χ3v) is 12.1. The normalized spacial score (nSPS) is 49.2. The highest BCUT2D eigenvalue weighted by Crippen LogP contribution is 2.65. The zero-order valence-electron chi connectivity index (χ0n) is 16.3. The van der Waals surface area contributed by atoms with E-state index in [-0.39, 0.29) is 0 Å². The van der Waals surface area contributed by atoms with Crippen LogP contribution in [-0.2, 0) is 0 Å². The molecule has 6 saturated carbocycles. The van der Waals surface area contributed by atoms with Crippen LogP contribution in [0.15, 0.2) is 0 Å². The van der Waals surface area contributed by atoms with E-state index in [0.717, 1.165) is 28.8 Å². The average molecular weight is 385 g/mol. The van der Waals surface area contributed by atoms with Gasteiger partial charge < -0.3 is 10.2 Å². The van der Waals surface area contributed by atoms with Gasteiger partial charge in [0, 0.05) is 28.8 Å². The Morgan fingerprint density at radius 3 is 1.44 bits per heavy atom. The fourth-order valence-corrected chi connectivity index (χ4v) is 10.4. The van der Waals surface area contributed by atoms with Crippen molar-refractivity contribution in [3.63, 3.8) is 0 Å². The first-order valence-corrected chi connectivity index (χ1v) is 12.3. The molecule has 0 saturated heterocycles. The maximum absolute atomic E-state index is 9.96. The van der Waals surface area contributed by atoms with Crippen LogP contribution in [0.5, 0.6) is 0 Å². The molecule has 0 aliphatic heterocycles. The van der Waals surface area contributed by atoms with Crippen molar-refractivity contribution in [2.45, 2.75) is 63.9 Å². The van der Waals surface area contributed by atoms with Gasteiger partial charge in [0.05, 0.1) is 0 Å². The van der Waals surface area contributed by atoms with Crippen molar-refractivity contribution in [1.29, 1.82) is 0 Å². The first-order chi connectivity index (χ1) is 11.8. The second kappa shape index (κ2) is 6.60. The SMILES string of the molecule is CC1(C)[C@H]2C[C@H](SCS[C@H]3C[C@H]4C[C@@H]([C@@H]3CO)C4(C)C)[C@@H](CO)[C@@H]1C2. The molecule has 0 amide bonds. The Kier molecular flexibility index (Phi) is 5.01. The Hall–Kier alpha value is 0.620. The minimum absolute atomic E-state index is 0.365. The number of thioether (sulfide) groups is 2. The lowest BCUT2D eigenvalue weighted by molar-refractivity contribution is -0.112. The van der Waals surface area contributed by atoms with Crippen molar-refractivity contribution in [2.24, 2.45) is 46.3 Å².